The van der Waals surface area contributed by atoms with Crippen LogP contribution >= 0.6 is 0 Å². The molecule has 0 fully saturated rings. The van der Waals surface area contributed by atoms with E-state index < -0.39 is 9.84 Å². The van der Waals surface area contributed by atoms with Crippen LogP contribution in [0.4, 0.5) is 11.4 Å². The summed E-state index contributed by atoms with van der Waals surface area (Å²) in [5.74, 6) is 0.704. The topological polar surface area (TPSA) is 81.4 Å². The Hall–Kier alpha value is -2.21. The van der Waals surface area contributed by atoms with Crippen LogP contribution in [0.3, 0.4) is 0 Å². The zero-order chi connectivity index (χ0) is 15.5. The first-order valence-corrected chi connectivity index (χ1v) is 8.25. The largest absolute Gasteiger partial charge is 0.497 e. The molecule has 2 aromatic rings. The normalized spacial score (nSPS) is 11.1. The molecule has 0 bridgehead atoms. The summed E-state index contributed by atoms with van der Waals surface area (Å²) in [5, 5.41) is 3.21. The molecule has 0 unspecified atom stereocenters. The number of methoxy groups -OCH3 is 1. The number of sulfone groups is 1. The van der Waals surface area contributed by atoms with Crippen molar-refractivity contribution in [1.82, 2.24) is 0 Å². The van der Waals surface area contributed by atoms with E-state index in [1.807, 2.05) is 12.1 Å². The summed E-state index contributed by atoms with van der Waals surface area (Å²) < 4.78 is 27.9. The van der Waals surface area contributed by atoms with Crippen LogP contribution in [-0.4, -0.2) is 21.8 Å². The number of nitrogen functional groups attached to an aromatic ring is 1. The van der Waals surface area contributed by atoms with E-state index in [0.29, 0.717) is 22.9 Å². The monoisotopic (exact) mass is 306 g/mol. The number of nitrogens with one attached hydrogen (secondary N) is 1. The van der Waals surface area contributed by atoms with Crippen LogP contribution in [0.15, 0.2) is 47.4 Å². The zero-order valence-corrected chi connectivity index (χ0v) is 12.8. The maximum Gasteiger partial charge on any atom is 0.175 e. The Bertz CT molecular complexity index is 725. The number of anilines is 2. The number of hydrogen-bond acceptors (Lipinski definition) is 5. The fraction of sp³-hybridized carbons (Fsp3) is 0.200. The Morgan fingerprint density at radius 3 is 2.33 bits per heavy atom. The molecule has 5 nitrogen and oxygen atoms in total. The van der Waals surface area contributed by atoms with Gasteiger partial charge >= 0.3 is 0 Å². The van der Waals surface area contributed by atoms with Gasteiger partial charge in [-0.05, 0) is 29.8 Å². The van der Waals surface area contributed by atoms with Gasteiger partial charge in [0.15, 0.2) is 9.84 Å². The van der Waals surface area contributed by atoms with Crippen LogP contribution in [0.25, 0.3) is 0 Å². The summed E-state index contributed by atoms with van der Waals surface area (Å²) in [4.78, 5) is 0.315. The minimum Gasteiger partial charge on any atom is -0.497 e. The van der Waals surface area contributed by atoms with Crippen LogP contribution in [-0.2, 0) is 16.4 Å². The van der Waals surface area contributed by atoms with Gasteiger partial charge < -0.3 is 15.8 Å². The SMILES string of the molecule is COc1ccc(NCc2ccc(S(C)(=O)=O)cc2)c(N)c1. The summed E-state index contributed by atoms with van der Waals surface area (Å²) >= 11 is 0. The fourth-order valence-electron chi connectivity index (χ4n) is 1.88. The summed E-state index contributed by atoms with van der Waals surface area (Å²) in [6.45, 7) is 0.556. The lowest BCUT2D eigenvalue weighted by Crippen LogP contribution is -2.03. The molecule has 0 atom stereocenters. The third-order valence-electron chi connectivity index (χ3n) is 3.09. The van der Waals surface area contributed by atoms with Crippen LogP contribution in [0.1, 0.15) is 5.56 Å². The van der Waals surface area contributed by atoms with Crippen molar-refractivity contribution in [3.05, 3.63) is 48.0 Å². The minimum atomic E-state index is -3.16. The summed E-state index contributed by atoms with van der Waals surface area (Å²) in [5.41, 5.74) is 8.30. The highest BCUT2D eigenvalue weighted by Crippen LogP contribution is 2.24. The lowest BCUT2D eigenvalue weighted by Gasteiger charge is -2.11. The number of ether oxygens (including phenoxy) is 1. The highest BCUT2D eigenvalue weighted by atomic mass is 32.2. The van der Waals surface area contributed by atoms with E-state index in [1.165, 1.54) is 6.26 Å². The summed E-state index contributed by atoms with van der Waals surface area (Å²) in [6, 6.07) is 12.2. The van der Waals surface area contributed by atoms with Crippen LogP contribution < -0.4 is 15.8 Å². The Morgan fingerprint density at radius 2 is 1.81 bits per heavy atom. The first-order valence-electron chi connectivity index (χ1n) is 6.36. The van der Waals surface area contributed by atoms with Gasteiger partial charge in [-0.15, -0.1) is 0 Å². The average Bonchev–Trinajstić information content (AvgIpc) is 2.45. The van der Waals surface area contributed by atoms with Crippen molar-refractivity contribution in [3.63, 3.8) is 0 Å². The van der Waals surface area contributed by atoms with Gasteiger partial charge in [0.2, 0.25) is 0 Å². The molecule has 0 saturated heterocycles. The predicted molar refractivity (Wildman–Crippen MR) is 84.3 cm³/mol. The van der Waals surface area contributed by atoms with Crippen molar-refractivity contribution in [3.8, 4) is 5.75 Å². The van der Waals surface area contributed by atoms with Gasteiger partial charge in [0.1, 0.15) is 5.75 Å². The van der Waals surface area contributed by atoms with E-state index in [1.54, 1.807) is 37.4 Å². The highest BCUT2D eigenvalue weighted by molar-refractivity contribution is 7.90. The molecule has 6 heteroatoms. The molecule has 0 aromatic heterocycles. The van der Waals surface area contributed by atoms with Crippen LogP contribution in [0.2, 0.25) is 0 Å². The molecule has 0 aliphatic heterocycles. The van der Waals surface area contributed by atoms with Crippen LogP contribution in [0, 0.1) is 0 Å². The molecule has 3 N–H and O–H groups in total. The Morgan fingerprint density at radius 1 is 1.14 bits per heavy atom. The van der Waals surface area contributed by atoms with Crippen molar-refractivity contribution >= 4 is 21.2 Å². The molecule has 0 aliphatic rings. The molecule has 0 aliphatic carbocycles. The van der Waals surface area contributed by atoms with Gasteiger partial charge in [0.05, 0.1) is 23.4 Å². The van der Waals surface area contributed by atoms with E-state index in [0.717, 1.165) is 11.3 Å². The first-order chi connectivity index (χ1) is 9.90. The third-order valence-corrected chi connectivity index (χ3v) is 4.22. The van der Waals surface area contributed by atoms with Crippen molar-refractivity contribution in [2.75, 3.05) is 24.4 Å². The van der Waals surface area contributed by atoms with Crippen molar-refractivity contribution in [2.45, 2.75) is 11.4 Å². The smallest absolute Gasteiger partial charge is 0.175 e. The van der Waals surface area contributed by atoms with Crippen LogP contribution in [0.5, 0.6) is 5.75 Å². The number of rotatable bonds is 5. The minimum absolute atomic E-state index is 0.315. The Labute approximate surface area is 124 Å². The van der Waals surface area contributed by atoms with E-state index in [2.05, 4.69) is 5.32 Å². The fourth-order valence-corrected chi connectivity index (χ4v) is 2.51. The second-order valence-corrected chi connectivity index (χ2v) is 6.74. The molecule has 0 spiro atoms. The molecular formula is C15H18N2O3S. The van der Waals surface area contributed by atoms with Gasteiger partial charge in [-0.1, -0.05) is 12.1 Å². The first kappa shape index (κ1) is 15.2. The number of nitrogens with two attached hydrogens (primary N) is 1. The Balaban J connectivity index is 2.06. The summed E-state index contributed by atoms with van der Waals surface area (Å²) in [7, 11) is -1.57. The molecule has 0 saturated carbocycles. The van der Waals surface area contributed by atoms with Gasteiger partial charge in [-0.25, -0.2) is 8.42 Å². The third kappa shape index (κ3) is 3.88. The van der Waals surface area contributed by atoms with Gasteiger partial charge in [-0.2, -0.15) is 0 Å². The standard InChI is InChI=1S/C15H18N2O3S/c1-20-12-5-8-15(14(16)9-12)17-10-11-3-6-13(7-4-11)21(2,18)19/h3-9,17H,10,16H2,1-2H3. The highest BCUT2D eigenvalue weighted by Gasteiger charge is 2.06. The second kappa shape index (κ2) is 6.05. The molecule has 0 radical (unpaired) electrons. The molecule has 2 aromatic carbocycles. The summed E-state index contributed by atoms with van der Waals surface area (Å²) in [6.07, 6.45) is 1.19. The molecule has 2 rings (SSSR count). The molecular weight excluding hydrogens is 288 g/mol. The van der Waals surface area contributed by atoms with Crippen molar-refractivity contribution in [2.24, 2.45) is 0 Å². The van der Waals surface area contributed by atoms with E-state index >= 15 is 0 Å². The lowest BCUT2D eigenvalue weighted by atomic mass is 10.2. The van der Waals surface area contributed by atoms with Crippen molar-refractivity contribution in [1.29, 1.82) is 0 Å². The number of benzene rings is 2. The zero-order valence-electron chi connectivity index (χ0n) is 12.0. The van der Waals surface area contributed by atoms with Crippen molar-refractivity contribution < 1.29 is 13.2 Å². The van der Waals surface area contributed by atoms with E-state index in [9.17, 15) is 8.42 Å². The van der Waals surface area contributed by atoms with Gasteiger partial charge in [-0.3, -0.25) is 0 Å². The quantitative estimate of drug-likeness (QED) is 0.828. The predicted octanol–water partition coefficient (Wildman–Crippen LogP) is 2.29. The maximum atomic E-state index is 11.4. The molecule has 0 amide bonds. The van der Waals surface area contributed by atoms with E-state index in [-0.39, 0.29) is 0 Å². The van der Waals surface area contributed by atoms with Gasteiger partial charge in [0, 0.05) is 18.9 Å². The Kier molecular flexibility index (Phi) is 4.37. The van der Waals surface area contributed by atoms with E-state index in [4.69, 9.17) is 10.5 Å². The lowest BCUT2D eigenvalue weighted by molar-refractivity contribution is 0.415. The average molecular weight is 306 g/mol. The molecule has 0 heterocycles. The number of hydrogen-bond donors (Lipinski definition) is 2. The molecule has 21 heavy (non-hydrogen) atoms. The van der Waals surface area contributed by atoms with Gasteiger partial charge in [0.25, 0.3) is 0 Å². The maximum absolute atomic E-state index is 11.4. The molecule has 112 valence electrons. The second-order valence-electron chi connectivity index (χ2n) is 4.72.